The molecule has 3 rings (SSSR count). The number of amides is 1. The van der Waals surface area contributed by atoms with E-state index in [0.29, 0.717) is 11.0 Å². The number of hydrogen-bond donors (Lipinski definition) is 3. The number of nitrogens with one attached hydrogen (secondary N) is 3. The lowest BCUT2D eigenvalue weighted by atomic mass is 10.3. The lowest BCUT2D eigenvalue weighted by Crippen LogP contribution is -2.46. The number of guanidine groups is 1. The topological polar surface area (TPSA) is 81.6 Å². The first-order valence-corrected chi connectivity index (χ1v) is 9.21. The zero-order valence-corrected chi connectivity index (χ0v) is 18.6. The van der Waals surface area contributed by atoms with Gasteiger partial charge < -0.3 is 20.9 Å². The van der Waals surface area contributed by atoms with Crippen molar-refractivity contribution in [1.82, 2.24) is 15.6 Å². The van der Waals surface area contributed by atoms with Gasteiger partial charge in [-0.25, -0.2) is 4.98 Å². The maximum Gasteiger partial charge on any atom is 0.243 e. The first-order chi connectivity index (χ1) is 13.2. The Kier molecular flexibility index (Phi) is 8.78. The number of nitrogens with zero attached hydrogens (tertiary/aromatic N) is 3. The molecule has 1 amide bonds. The van der Waals surface area contributed by atoms with E-state index in [1.807, 2.05) is 42.5 Å². The number of aromatic nitrogens is 1. The molecule has 28 heavy (non-hydrogen) atoms. The van der Waals surface area contributed by atoms with Crippen molar-refractivity contribution >= 4 is 58.9 Å². The summed E-state index contributed by atoms with van der Waals surface area (Å²) in [5.74, 6) is 1.27. The Morgan fingerprint density at radius 2 is 2.07 bits per heavy atom. The summed E-state index contributed by atoms with van der Waals surface area (Å²) in [6.45, 7) is 1.77. The summed E-state index contributed by atoms with van der Waals surface area (Å²) >= 11 is 6.23. The molecule has 2 aromatic rings. The minimum atomic E-state index is -0.127. The zero-order valence-electron chi connectivity index (χ0n) is 15.6. The molecule has 0 radical (unpaired) electrons. The molecule has 7 nitrogen and oxygen atoms in total. The molecule has 0 spiro atoms. The molecule has 3 N–H and O–H groups in total. The van der Waals surface area contributed by atoms with Gasteiger partial charge in [0, 0.05) is 38.1 Å². The van der Waals surface area contributed by atoms with Gasteiger partial charge in [0.1, 0.15) is 5.82 Å². The number of halogens is 2. The highest BCUT2D eigenvalue weighted by Crippen LogP contribution is 2.25. The average Bonchev–Trinajstić information content (AvgIpc) is 3.14. The Hall–Kier alpha value is -2.07. The number of carbonyl (C=O) groups is 1. The van der Waals surface area contributed by atoms with E-state index >= 15 is 0 Å². The van der Waals surface area contributed by atoms with Crippen LogP contribution in [-0.2, 0) is 4.79 Å². The monoisotopic (exact) mass is 514 g/mol. The zero-order chi connectivity index (χ0) is 19.1. The fourth-order valence-corrected chi connectivity index (χ4v) is 3.20. The third-order valence-electron chi connectivity index (χ3n) is 4.27. The van der Waals surface area contributed by atoms with E-state index in [9.17, 15) is 4.79 Å². The predicted octanol–water partition coefficient (Wildman–Crippen LogP) is 2.74. The number of anilines is 2. The summed E-state index contributed by atoms with van der Waals surface area (Å²) in [4.78, 5) is 22.8. The first kappa shape index (κ1) is 22.2. The summed E-state index contributed by atoms with van der Waals surface area (Å²) in [6, 6.07) is 13.2. The summed E-state index contributed by atoms with van der Waals surface area (Å²) in [5, 5.41) is 9.88. The van der Waals surface area contributed by atoms with Crippen LogP contribution in [0.4, 0.5) is 11.5 Å². The number of rotatable bonds is 5. The van der Waals surface area contributed by atoms with Gasteiger partial charge in [-0.1, -0.05) is 29.8 Å². The number of para-hydroxylation sites is 1. The normalized spacial score (nSPS) is 16.3. The summed E-state index contributed by atoms with van der Waals surface area (Å²) in [5.41, 5.74) is 0.769. The van der Waals surface area contributed by atoms with Gasteiger partial charge in [0.05, 0.1) is 11.6 Å². The molecule has 1 fully saturated rings. The largest absolute Gasteiger partial charge is 0.353 e. The molecule has 1 unspecified atom stereocenters. The maximum atomic E-state index is 12.1. The van der Waals surface area contributed by atoms with Crippen molar-refractivity contribution < 1.29 is 4.79 Å². The quantitative estimate of drug-likeness (QED) is 0.325. The summed E-state index contributed by atoms with van der Waals surface area (Å²) < 4.78 is 0. The molecule has 9 heteroatoms. The highest BCUT2D eigenvalue weighted by atomic mass is 127. The molecule has 1 aliphatic rings. The smallest absolute Gasteiger partial charge is 0.243 e. The van der Waals surface area contributed by atoms with Crippen LogP contribution < -0.4 is 20.9 Å². The van der Waals surface area contributed by atoms with Crippen LogP contribution >= 0.6 is 35.6 Å². The second kappa shape index (κ2) is 11.1. The molecule has 1 saturated heterocycles. The molecule has 0 bridgehead atoms. The third kappa shape index (κ3) is 6.23. The maximum absolute atomic E-state index is 12.1. The van der Waals surface area contributed by atoms with E-state index in [-0.39, 0.29) is 42.5 Å². The fraction of sp³-hybridized carbons (Fsp3) is 0.316. The highest BCUT2D eigenvalue weighted by molar-refractivity contribution is 14.0. The van der Waals surface area contributed by atoms with Crippen LogP contribution in [-0.4, -0.2) is 49.6 Å². The Morgan fingerprint density at radius 1 is 1.29 bits per heavy atom. The van der Waals surface area contributed by atoms with E-state index in [2.05, 4.69) is 30.8 Å². The predicted molar refractivity (Wildman–Crippen MR) is 125 cm³/mol. The van der Waals surface area contributed by atoms with Crippen LogP contribution in [0.15, 0.2) is 53.7 Å². The van der Waals surface area contributed by atoms with Crippen molar-refractivity contribution in [2.45, 2.75) is 12.5 Å². The van der Waals surface area contributed by atoms with Crippen LogP contribution in [0.2, 0.25) is 5.02 Å². The molecule has 0 aliphatic carbocycles. The Labute approximate surface area is 187 Å². The molecular weight excluding hydrogens is 491 g/mol. The SMILES string of the molecule is CN=C(NCC(=O)Nc1ccccc1)NC1CCN(c2ncccc2Cl)C1.I. The van der Waals surface area contributed by atoms with E-state index in [4.69, 9.17) is 11.6 Å². The van der Waals surface area contributed by atoms with Gasteiger partial charge in [-0.05, 0) is 30.7 Å². The molecule has 150 valence electrons. The summed E-state index contributed by atoms with van der Waals surface area (Å²) in [6.07, 6.45) is 2.68. The molecule has 1 aromatic carbocycles. The van der Waals surface area contributed by atoms with Crippen molar-refractivity contribution in [1.29, 1.82) is 0 Å². The van der Waals surface area contributed by atoms with Crippen LogP contribution in [0.1, 0.15) is 6.42 Å². The van der Waals surface area contributed by atoms with Crippen molar-refractivity contribution in [3.05, 3.63) is 53.7 Å². The van der Waals surface area contributed by atoms with E-state index in [0.717, 1.165) is 31.0 Å². The van der Waals surface area contributed by atoms with Gasteiger partial charge in [-0.15, -0.1) is 24.0 Å². The van der Waals surface area contributed by atoms with Crippen LogP contribution in [0.3, 0.4) is 0 Å². The molecule has 2 heterocycles. The second-order valence-corrected chi connectivity index (χ2v) is 6.63. The lowest BCUT2D eigenvalue weighted by molar-refractivity contribution is -0.115. The van der Waals surface area contributed by atoms with Crippen molar-refractivity contribution in [2.24, 2.45) is 4.99 Å². The Bertz CT molecular complexity index is 804. The molecule has 1 atom stereocenters. The van der Waals surface area contributed by atoms with Crippen molar-refractivity contribution in [3.63, 3.8) is 0 Å². The molecule has 1 aliphatic heterocycles. The lowest BCUT2D eigenvalue weighted by Gasteiger charge is -2.20. The van der Waals surface area contributed by atoms with Crippen LogP contribution in [0, 0.1) is 0 Å². The number of benzene rings is 1. The minimum absolute atomic E-state index is 0. The molecule has 0 saturated carbocycles. The highest BCUT2D eigenvalue weighted by Gasteiger charge is 2.25. The average molecular weight is 515 g/mol. The van der Waals surface area contributed by atoms with Gasteiger partial charge in [0.2, 0.25) is 5.91 Å². The van der Waals surface area contributed by atoms with Gasteiger partial charge in [-0.3, -0.25) is 9.79 Å². The van der Waals surface area contributed by atoms with Gasteiger partial charge in [0.15, 0.2) is 5.96 Å². The van der Waals surface area contributed by atoms with E-state index in [1.165, 1.54) is 0 Å². The second-order valence-electron chi connectivity index (χ2n) is 6.22. The molecule has 1 aromatic heterocycles. The fourth-order valence-electron chi connectivity index (χ4n) is 2.96. The first-order valence-electron chi connectivity index (χ1n) is 8.83. The number of aliphatic imine (C=N–C) groups is 1. The number of carbonyl (C=O) groups excluding carboxylic acids is 1. The van der Waals surface area contributed by atoms with E-state index < -0.39 is 0 Å². The minimum Gasteiger partial charge on any atom is -0.353 e. The number of hydrogen-bond acceptors (Lipinski definition) is 4. The summed E-state index contributed by atoms with van der Waals surface area (Å²) in [7, 11) is 1.69. The van der Waals surface area contributed by atoms with Crippen LogP contribution in [0.5, 0.6) is 0 Å². The van der Waals surface area contributed by atoms with Gasteiger partial charge in [-0.2, -0.15) is 0 Å². The van der Waals surface area contributed by atoms with Crippen LogP contribution in [0.25, 0.3) is 0 Å². The van der Waals surface area contributed by atoms with Gasteiger partial charge in [0.25, 0.3) is 0 Å². The van der Waals surface area contributed by atoms with Crippen molar-refractivity contribution in [3.8, 4) is 0 Å². The Balaban J connectivity index is 0.00000280. The number of pyridine rings is 1. The Morgan fingerprint density at radius 3 is 2.79 bits per heavy atom. The molecular formula is C19H24ClIN6O. The van der Waals surface area contributed by atoms with Crippen molar-refractivity contribution in [2.75, 3.05) is 36.9 Å². The standard InChI is InChI=1S/C19H23ClN6O.HI/c1-21-19(23-12-17(27)24-14-6-3-2-4-7-14)25-15-9-11-26(13-15)18-16(20)8-5-10-22-18;/h2-8,10,15H,9,11-13H2,1H3,(H,24,27)(H2,21,23,25);1H. The third-order valence-corrected chi connectivity index (χ3v) is 4.56. The van der Waals surface area contributed by atoms with E-state index in [1.54, 1.807) is 13.2 Å². The van der Waals surface area contributed by atoms with Gasteiger partial charge >= 0.3 is 0 Å².